The third-order valence-electron chi connectivity index (χ3n) is 2.65. The first-order valence-corrected chi connectivity index (χ1v) is 6.59. The second-order valence-corrected chi connectivity index (χ2v) is 5.06. The lowest BCUT2D eigenvalue weighted by molar-refractivity contribution is 0.551. The van der Waals surface area contributed by atoms with Gasteiger partial charge in [0.2, 0.25) is 0 Å². The highest BCUT2D eigenvalue weighted by Gasteiger charge is 2.08. The van der Waals surface area contributed by atoms with Gasteiger partial charge in [0.05, 0.1) is 5.01 Å². The zero-order valence-corrected chi connectivity index (χ0v) is 10.8. The van der Waals surface area contributed by atoms with Crippen molar-refractivity contribution in [2.24, 2.45) is 0 Å². The van der Waals surface area contributed by atoms with E-state index in [9.17, 15) is 8.78 Å². The fourth-order valence-corrected chi connectivity index (χ4v) is 2.35. The lowest BCUT2D eigenvalue weighted by Crippen LogP contribution is -2.20. The van der Waals surface area contributed by atoms with Gasteiger partial charge < -0.3 is 5.32 Å². The van der Waals surface area contributed by atoms with Crippen molar-refractivity contribution in [3.8, 4) is 0 Å². The van der Waals surface area contributed by atoms with Gasteiger partial charge in [0.15, 0.2) is 0 Å². The van der Waals surface area contributed by atoms with Crippen LogP contribution in [-0.4, -0.2) is 11.5 Å². The van der Waals surface area contributed by atoms with Gasteiger partial charge in [0, 0.05) is 42.2 Å². The molecule has 0 saturated heterocycles. The number of hydrogen-bond donors (Lipinski definition) is 1. The molecule has 0 fully saturated rings. The Morgan fingerprint density at radius 1 is 1.39 bits per heavy atom. The smallest absolute Gasteiger partial charge is 0.130 e. The summed E-state index contributed by atoms with van der Waals surface area (Å²) in [5.74, 6) is -0.773. The molecule has 2 nitrogen and oxygen atoms in total. The highest BCUT2D eigenvalue weighted by molar-refractivity contribution is 7.09. The van der Waals surface area contributed by atoms with Crippen molar-refractivity contribution in [3.63, 3.8) is 0 Å². The molecular formula is C13H14F2N2S. The van der Waals surface area contributed by atoms with Crippen molar-refractivity contribution >= 4 is 11.3 Å². The zero-order chi connectivity index (χ0) is 13.0. The number of halogens is 2. The van der Waals surface area contributed by atoms with Crippen molar-refractivity contribution in [1.29, 1.82) is 0 Å². The van der Waals surface area contributed by atoms with Crippen LogP contribution in [0, 0.1) is 11.6 Å². The van der Waals surface area contributed by atoms with Crippen LogP contribution in [-0.2, 0) is 6.54 Å². The Bertz CT molecular complexity index is 500. The van der Waals surface area contributed by atoms with Gasteiger partial charge in [0.25, 0.3) is 0 Å². The van der Waals surface area contributed by atoms with E-state index in [0.29, 0.717) is 18.7 Å². The van der Waals surface area contributed by atoms with Gasteiger partial charge in [-0.1, -0.05) is 13.0 Å². The van der Waals surface area contributed by atoms with Crippen molar-refractivity contribution < 1.29 is 8.78 Å². The highest BCUT2D eigenvalue weighted by Crippen LogP contribution is 2.16. The summed E-state index contributed by atoms with van der Waals surface area (Å²) in [5.41, 5.74) is 0.475. The molecule has 1 aromatic heterocycles. The van der Waals surface area contributed by atoms with Crippen molar-refractivity contribution in [2.75, 3.05) is 6.54 Å². The van der Waals surface area contributed by atoms with Crippen LogP contribution in [0.1, 0.15) is 23.4 Å². The molecule has 2 rings (SSSR count). The van der Waals surface area contributed by atoms with E-state index in [2.05, 4.69) is 17.2 Å². The summed E-state index contributed by atoms with van der Waals surface area (Å²) in [6.45, 7) is 3.17. The number of thiazole rings is 1. The van der Waals surface area contributed by atoms with Gasteiger partial charge in [-0.15, -0.1) is 11.3 Å². The van der Waals surface area contributed by atoms with Crippen LogP contribution in [0.25, 0.3) is 0 Å². The predicted molar refractivity (Wildman–Crippen MR) is 68.6 cm³/mol. The van der Waals surface area contributed by atoms with E-state index in [-0.39, 0.29) is 5.92 Å². The maximum atomic E-state index is 13.4. The molecule has 0 aliphatic heterocycles. The standard InChI is InChI=1S/C13H14F2N2S/c1-9(13-17-4-5-18-13)7-16-8-10-2-3-11(14)6-12(10)15/h2-6,9,16H,7-8H2,1H3. The molecule has 5 heteroatoms. The van der Waals surface area contributed by atoms with Gasteiger partial charge in [-0.3, -0.25) is 0 Å². The molecular weight excluding hydrogens is 254 g/mol. The minimum atomic E-state index is -0.549. The minimum absolute atomic E-state index is 0.286. The molecule has 1 aromatic carbocycles. The summed E-state index contributed by atoms with van der Waals surface area (Å²) in [6, 6.07) is 3.64. The number of benzene rings is 1. The number of aromatic nitrogens is 1. The predicted octanol–water partition coefficient (Wildman–Crippen LogP) is 3.31. The van der Waals surface area contributed by atoms with Crippen molar-refractivity contribution in [2.45, 2.75) is 19.4 Å². The first-order valence-electron chi connectivity index (χ1n) is 5.71. The van der Waals surface area contributed by atoms with Crippen molar-refractivity contribution in [3.05, 3.63) is 52.0 Å². The minimum Gasteiger partial charge on any atom is -0.312 e. The zero-order valence-electron chi connectivity index (χ0n) is 9.99. The van der Waals surface area contributed by atoms with E-state index in [1.807, 2.05) is 5.38 Å². The molecule has 0 aliphatic rings. The van der Waals surface area contributed by atoms with Crippen molar-refractivity contribution in [1.82, 2.24) is 10.3 Å². The van der Waals surface area contributed by atoms with Crippen LogP contribution >= 0.6 is 11.3 Å². The molecule has 0 radical (unpaired) electrons. The number of nitrogens with one attached hydrogen (secondary N) is 1. The molecule has 0 aliphatic carbocycles. The molecule has 96 valence electrons. The molecule has 0 bridgehead atoms. The SMILES string of the molecule is CC(CNCc1ccc(F)cc1F)c1nccs1. The number of rotatable bonds is 5. The van der Waals surface area contributed by atoms with E-state index in [1.54, 1.807) is 17.5 Å². The Labute approximate surface area is 109 Å². The second kappa shape index (κ2) is 6.02. The normalized spacial score (nSPS) is 12.6. The largest absolute Gasteiger partial charge is 0.312 e. The Morgan fingerprint density at radius 2 is 2.22 bits per heavy atom. The quantitative estimate of drug-likeness (QED) is 0.900. The third-order valence-corrected chi connectivity index (χ3v) is 3.66. The summed E-state index contributed by atoms with van der Waals surface area (Å²) in [6.07, 6.45) is 1.77. The lowest BCUT2D eigenvalue weighted by atomic mass is 10.1. The first-order chi connectivity index (χ1) is 8.66. The van der Waals surface area contributed by atoms with Gasteiger partial charge in [0.1, 0.15) is 11.6 Å². The van der Waals surface area contributed by atoms with Gasteiger partial charge in [-0.2, -0.15) is 0 Å². The molecule has 1 atom stereocenters. The first kappa shape index (κ1) is 13.1. The van der Waals surface area contributed by atoms with Crippen LogP contribution < -0.4 is 5.32 Å². The summed E-state index contributed by atoms with van der Waals surface area (Å²) in [7, 11) is 0. The van der Waals surface area contributed by atoms with E-state index in [1.165, 1.54) is 12.1 Å². The van der Waals surface area contributed by atoms with Crippen LogP contribution in [0.5, 0.6) is 0 Å². The maximum Gasteiger partial charge on any atom is 0.130 e. The number of nitrogens with zero attached hydrogens (tertiary/aromatic N) is 1. The molecule has 18 heavy (non-hydrogen) atoms. The topological polar surface area (TPSA) is 24.9 Å². The average molecular weight is 268 g/mol. The lowest BCUT2D eigenvalue weighted by Gasteiger charge is -2.10. The van der Waals surface area contributed by atoms with E-state index >= 15 is 0 Å². The molecule has 0 saturated carbocycles. The average Bonchev–Trinajstić information content (AvgIpc) is 2.85. The molecule has 0 amide bonds. The van der Waals surface area contributed by atoms with E-state index in [0.717, 1.165) is 11.1 Å². The van der Waals surface area contributed by atoms with Crippen LogP contribution in [0.3, 0.4) is 0 Å². The second-order valence-electron chi connectivity index (χ2n) is 4.14. The fourth-order valence-electron chi connectivity index (χ4n) is 1.65. The Hall–Kier alpha value is -1.33. The Morgan fingerprint density at radius 3 is 2.89 bits per heavy atom. The fraction of sp³-hybridized carbons (Fsp3) is 0.308. The van der Waals surface area contributed by atoms with E-state index < -0.39 is 11.6 Å². The summed E-state index contributed by atoms with van der Waals surface area (Å²) in [4.78, 5) is 4.23. The highest BCUT2D eigenvalue weighted by atomic mass is 32.1. The van der Waals surface area contributed by atoms with Crippen LogP contribution in [0.15, 0.2) is 29.8 Å². The third kappa shape index (κ3) is 3.34. The number of hydrogen-bond acceptors (Lipinski definition) is 3. The summed E-state index contributed by atoms with van der Waals surface area (Å²) < 4.78 is 26.1. The molecule has 0 spiro atoms. The molecule has 2 aromatic rings. The van der Waals surface area contributed by atoms with Crippen LogP contribution in [0.4, 0.5) is 8.78 Å². The monoisotopic (exact) mass is 268 g/mol. The van der Waals surface area contributed by atoms with Gasteiger partial charge >= 0.3 is 0 Å². The Kier molecular flexibility index (Phi) is 4.38. The summed E-state index contributed by atoms with van der Waals surface area (Å²) >= 11 is 1.61. The Balaban J connectivity index is 1.85. The summed E-state index contributed by atoms with van der Waals surface area (Å²) in [5, 5.41) is 6.15. The molecule has 1 unspecified atom stereocenters. The van der Waals surface area contributed by atoms with E-state index in [4.69, 9.17) is 0 Å². The molecule has 1 N–H and O–H groups in total. The van der Waals surface area contributed by atoms with Crippen LogP contribution in [0.2, 0.25) is 0 Å². The maximum absolute atomic E-state index is 13.4. The van der Waals surface area contributed by atoms with Gasteiger partial charge in [-0.05, 0) is 6.07 Å². The molecule has 1 heterocycles. The van der Waals surface area contributed by atoms with Gasteiger partial charge in [-0.25, -0.2) is 13.8 Å².